The van der Waals surface area contributed by atoms with E-state index in [9.17, 15) is 9.59 Å². The zero-order valence-electron chi connectivity index (χ0n) is 20.9. The van der Waals surface area contributed by atoms with Gasteiger partial charge in [-0.05, 0) is 92.2 Å². The van der Waals surface area contributed by atoms with Crippen LogP contribution in [0.25, 0.3) is 0 Å². The number of rotatable bonds is 8. The zero-order valence-corrected chi connectivity index (χ0v) is 22.5. The molecule has 2 amide bonds. The number of hydrogen-bond donors (Lipinski definition) is 4. The van der Waals surface area contributed by atoms with Crippen LogP contribution < -0.4 is 21.3 Å². The second-order valence-corrected chi connectivity index (χ2v) is 9.25. The molecule has 2 aromatic heterocycles. The number of benzene rings is 2. The summed E-state index contributed by atoms with van der Waals surface area (Å²) in [5.41, 5.74) is 2.82. The van der Waals surface area contributed by atoms with Gasteiger partial charge in [0.1, 0.15) is 11.6 Å². The monoisotopic (exact) mass is 554 g/mol. The number of aryl methyl sites for hydroxylation is 2. The van der Waals surface area contributed by atoms with Crippen LogP contribution in [0.5, 0.6) is 0 Å². The maximum Gasteiger partial charge on any atom is 0.257 e. The standard InChI is InChI=1S/C29H26N6O2S2/c36-26(20-10-3-1-4-11-20)34-28(38)32-24-18-8-16-22(30-24)14-7-15-23-17-9-19-25(31-23)33-29(39)35-27(37)21-12-5-2-6-13-21/h1-6,8-13,16-19H,7,14-15H2,(H2,30,32,34,36,38)(H2,31,33,35,37,39). The number of aromatic nitrogens is 2. The Hall–Kier alpha value is -4.54. The maximum absolute atomic E-state index is 12.3. The molecule has 196 valence electrons. The molecule has 0 radical (unpaired) electrons. The van der Waals surface area contributed by atoms with E-state index < -0.39 is 0 Å². The highest BCUT2D eigenvalue weighted by Crippen LogP contribution is 2.11. The SMILES string of the molecule is O=C(NC(=S)Nc1cccc(CCCc2cccc(NC(=S)NC(=O)c3ccccc3)n2)n1)c1ccccc1. The minimum absolute atomic E-state index is 0.180. The van der Waals surface area contributed by atoms with Crippen molar-refractivity contribution in [3.63, 3.8) is 0 Å². The second kappa shape index (κ2) is 13.8. The Balaban J connectivity index is 1.24. The van der Waals surface area contributed by atoms with Crippen LogP contribution in [0.3, 0.4) is 0 Å². The highest BCUT2D eigenvalue weighted by atomic mass is 32.1. The predicted molar refractivity (Wildman–Crippen MR) is 161 cm³/mol. The van der Waals surface area contributed by atoms with Crippen molar-refractivity contribution in [3.8, 4) is 0 Å². The molecule has 0 saturated heterocycles. The van der Waals surface area contributed by atoms with Gasteiger partial charge in [-0.15, -0.1) is 0 Å². The molecule has 0 aliphatic rings. The molecule has 39 heavy (non-hydrogen) atoms. The minimum Gasteiger partial charge on any atom is -0.317 e. The second-order valence-electron chi connectivity index (χ2n) is 8.43. The number of amides is 2. The molecule has 4 aromatic rings. The third-order valence-corrected chi connectivity index (χ3v) is 5.90. The smallest absolute Gasteiger partial charge is 0.257 e. The van der Waals surface area contributed by atoms with Crippen LogP contribution >= 0.6 is 24.4 Å². The van der Waals surface area contributed by atoms with Crippen LogP contribution in [0.4, 0.5) is 11.6 Å². The van der Waals surface area contributed by atoms with E-state index in [0.29, 0.717) is 22.8 Å². The van der Waals surface area contributed by atoms with E-state index in [-0.39, 0.29) is 22.0 Å². The van der Waals surface area contributed by atoms with Crippen LogP contribution in [0.1, 0.15) is 38.5 Å². The van der Waals surface area contributed by atoms with Crippen LogP contribution in [-0.4, -0.2) is 32.0 Å². The lowest BCUT2D eigenvalue weighted by molar-refractivity contribution is 0.0969. The van der Waals surface area contributed by atoms with Crippen molar-refractivity contribution in [3.05, 3.63) is 120 Å². The van der Waals surface area contributed by atoms with Gasteiger partial charge in [0.2, 0.25) is 0 Å². The van der Waals surface area contributed by atoms with E-state index >= 15 is 0 Å². The lowest BCUT2D eigenvalue weighted by Gasteiger charge is -2.11. The molecule has 0 saturated carbocycles. The lowest BCUT2D eigenvalue weighted by Crippen LogP contribution is -2.34. The maximum atomic E-state index is 12.3. The normalized spacial score (nSPS) is 10.3. The van der Waals surface area contributed by atoms with Gasteiger partial charge < -0.3 is 10.6 Å². The zero-order chi connectivity index (χ0) is 27.5. The van der Waals surface area contributed by atoms with Gasteiger partial charge in [0.15, 0.2) is 10.2 Å². The van der Waals surface area contributed by atoms with Crippen molar-refractivity contribution in [2.24, 2.45) is 0 Å². The molecule has 0 spiro atoms. The number of hydrogen-bond acceptors (Lipinski definition) is 6. The van der Waals surface area contributed by atoms with Gasteiger partial charge in [0, 0.05) is 22.5 Å². The van der Waals surface area contributed by atoms with Crippen LogP contribution in [0.2, 0.25) is 0 Å². The average molecular weight is 555 g/mol. The first-order chi connectivity index (χ1) is 19.0. The first kappa shape index (κ1) is 27.5. The van der Waals surface area contributed by atoms with Gasteiger partial charge in [0.25, 0.3) is 11.8 Å². The highest BCUT2D eigenvalue weighted by Gasteiger charge is 2.10. The molecule has 2 aromatic carbocycles. The molecule has 2 heterocycles. The summed E-state index contributed by atoms with van der Waals surface area (Å²) in [6, 6.07) is 29.0. The Kier molecular flexibility index (Phi) is 9.76. The van der Waals surface area contributed by atoms with E-state index in [1.54, 1.807) is 60.7 Å². The fourth-order valence-electron chi connectivity index (χ4n) is 3.65. The van der Waals surface area contributed by atoms with E-state index in [1.165, 1.54) is 0 Å². The summed E-state index contributed by atoms with van der Waals surface area (Å²) in [7, 11) is 0. The fraction of sp³-hybridized carbons (Fsp3) is 0.103. The molecule has 0 unspecified atom stereocenters. The van der Waals surface area contributed by atoms with E-state index in [2.05, 4.69) is 31.2 Å². The van der Waals surface area contributed by atoms with Gasteiger partial charge >= 0.3 is 0 Å². The molecule has 0 aliphatic heterocycles. The fourth-order valence-corrected chi connectivity index (χ4v) is 4.05. The summed E-state index contributed by atoms with van der Waals surface area (Å²) in [5, 5.41) is 11.6. The van der Waals surface area contributed by atoms with Gasteiger partial charge in [0.05, 0.1) is 0 Å². The minimum atomic E-state index is -0.284. The summed E-state index contributed by atoms with van der Waals surface area (Å²) in [4.78, 5) is 33.8. The molecule has 8 nitrogen and oxygen atoms in total. The van der Waals surface area contributed by atoms with Crippen molar-refractivity contribution >= 4 is 58.1 Å². The van der Waals surface area contributed by atoms with Crippen molar-refractivity contribution in [2.75, 3.05) is 10.6 Å². The largest absolute Gasteiger partial charge is 0.317 e. The lowest BCUT2D eigenvalue weighted by atomic mass is 10.1. The number of nitrogens with zero attached hydrogens (tertiary/aromatic N) is 2. The molecule has 10 heteroatoms. The number of thiocarbonyl (C=S) groups is 2. The Bertz CT molecular complexity index is 1350. The van der Waals surface area contributed by atoms with Gasteiger partial charge in [-0.2, -0.15) is 0 Å². The number of pyridine rings is 2. The van der Waals surface area contributed by atoms with Crippen molar-refractivity contribution in [2.45, 2.75) is 19.3 Å². The molecule has 0 bridgehead atoms. The molecule has 0 fully saturated rings. The van der Waals surface area contributed by atoms with Crippen LogP contribution in [0, 0.1) is 0 Å². The Morgan fingerprint density at radius 3 is 1.38 bits per heavy atom. The summed E-state index contributed by atoms with van der Waals surface area (Å²) in [6.07, 6.45) is 2.27. The molecule has 4 rings (SSSR count). The van der Waals surface area contributed by atoms with Crippen LogP contribution in [0.15, 0.2) is 97.1 Å². The number of carbonyl (C=O) groups is 2. The molecule has 0 atom stereocenters. The molecular weight excluding hydrogens is 528 g/mol. The van der Waals surface area contributed by atoms with Gasteiger partial charge in [-0.25, -0.2) is 9.97 Å². The first-order valence-electron chi connectivity index (χ1n) is 12.2. The van der Waals surface area contributed by atoms with Crippen molar-refractivity contribution < 1.29 is 9.59 Å². The molecule has 4 N–H and O–H groups in total. The van der Waals surface area contributed by atoms with E-state index in [4.69, 9.17) is 24.4 Å². The van der Waals surface area contributed by atoms with E-state index in [0.717, 1.165) is 30.7 Å². The predicted octanol–water partition coefficient (Wildman–Crippen LogP) is 4.91. The van der Waals surface area contributed by atoms with Gasteiger partial charge in [-0.3, -0.25) is 20.2 Å². The third kappa shape index (κ3) is 8.77. The topological polar surface area (TPSA) is 108 Å². The Morgan fingerprint density at radius 1 is 0.564 bits per heavy atom. The number of anilines is 2. The third-order valence-electron chi connectivity index (χ3n) is 5.49. The van der Waals surface area contributed by atoms with E-state index in [1.807, 2.05) is 36.4 Å². The molecular formula is C29H26N6O2S2. The summed E-state index contributed by atoms with van der Waals surface area (Å²) >= 11 is 10.5. The van der Waals surface area contributed by atoms with Gasteiger partial charge in [-0.1, -0.05) is 48.5 Å². The quantitative estimate of drug-likeness (QED) is 0.228. The first-order valence-corrected chi connectivity index (χ1v) is 13.0. The average Bonchev–Trinajstić information content (AvgIpc) is 2.94. The van der Waals surface area contributed by atoms with Crippen molar-refractivity contribution in [1.82, 2.24) is 20.6 Å². The Morgan fingerprint density at radius 2 is 0.974 bits per heavy atom. The number of nitrogens with one attached hydrogen (secondary N) is 4. The Labute approximate surface area is 237 Å². The summed E-state index contributed by atoms with van der Waals surface area (Å²) in [6.45, 7) is 0. The summed E-state index contributed by atoms with van der Waals surface area (Å²) in [5.74, 6) is 0.545. The molecule has 0 aliphatic carbocycles. The number of carbonyl (C=O) groups excluding carboxylic acids is 2. The van der Waals surface area contributed by atoms with Crippen molar-refractivity contribution in [1.29, 1.82) is 0 Å². The highest BCUT2D eigenvalue weighted by molar-refractivity contribution is 7.80. The van der Waals surface area contributed by atoms with Crippen LogP contribution in [-0.2, 0) is 12.8 Å². The summed E-state index contributed by atoms with van der Waals surface area (Å²) < 4.78 is 0.